The smallest absolute Gasteiger partial charge is 0.307 e. The van der Waals surface area contributed by atoms with E-state index in [2.05, 4.69) is 22.1 Å². The van der Waals surface area contributed by atoms with E-state index in [1.54, 1.807) is 12.3 Å². The molecular formula is C22H15N3O2. The van der Waals surface area contributed by atoms with Gasteiger partial charge in [-0.25, -0.2) is 4.98 Å². The van der Waals surface area contributed by atoms with Crippen LogP contribution in [0.5, 0.6) is 0 Å². The predicted octanol–water partition coefficient (Wildman–Crippen LogP) is 4.40. The zero-order chi connectivity index (χ0) is 18.8. The van der Waals surface area contributed by atoms with Gasteiger partial charge in [-0.15, -0.1) is 0 Å². The average Bonchev–Trinajstić information content (AvgIpc) is 3.11. The van der Waals surface area contributed by atoms with E-state index >= 15 is 0 Å². The highest BCUT2D eigenvalue weighted by Crippen LogP contribution is 2.31. The van der Waals surface area contributed by atoms with Gasteiger partial charge in [-0.2, -0.15) is 5.26 Å². The van der Waals surface area contributed by atoms with Gasteiger partial charge in [0.15, 0.2) is 0 Å². The van der Waals surface area contributed by atoms with E-state index in [1.807, 2.05) is 48.7 Å². The van der Waals surface area contributed by atoms with Gasteiger partial charge in [0.05, 0.1) is 18.1 Å². The fraction of sp³-hybridized carbons (Fsp3) is 0.0455. The van der Waals surface area contributed by atoms with Crippen LogP contribution in [0.2, 0.25) is 0 Å². The first-order chi connectivity index (χ1) is 13.1. The predicted molar refractivity (Wildman–Crippen MR) is 103 cm³/mol. The lowest BCUT2D eigenvalue weighted by Gasteiger charge is -2.05. The van der Waals surface area contributed by atoms with E-state index in [-0.39, 0.29) is 6.42 Å². The van der Waals surface area contributed by atoms with Crippen molar-refractivity contribution >= 4 is 17.0 Å². The Kier molecular flexibility index (Phi) is 4.15. The van der Waals surface area contributed by atoms with Crippen LogP contribution >= 0.6 is 0 Å². The summed E-state index contributed by atoms with van der Waals surface area (Å²) in [5.74, 6) is -0.844. The molecule has 0 aliphatic rings. The Balaban J connectivity index is 1.76. The van der Waals surface area contributed by atoms with Gasteiger partial charge < -0.3 is 10.1 Å². The maximum Gasteiger partial charge on any atom is 0.307 e. The molecule has 0 aliphatic heterocycles. The first-order valence-electron chi connectivity index (χ1n) is 8.43. The molecule has 0 bridgehead atoms. The number of nitriles is 1. The molecule has 0 aliphatic carbocycles. The molecule has 0 unspecified atom stereocenters. The van der Waals surface area contributed by atoms with Gasteiger partial charge in [0.1, 0.15) is 5.65 Å². The van der Waals surface area contributed by atoms with E-state index in [4.69, 9.17) is 10.4 Å². The summed E-state index contributed by atoms with van der Waals surface area (Å²) in [6, 6.07) is 19.1. The number of aliphatic carboxylic acids is 1. The SMILES string of the molecule is N#Cc1cccc(-c2cnc3[nH]cc(-c4ccc(CC(=O)O)cc4)c3c2)c1. The second-order valence-electron chi connectivity index (χ2n) is 6.28. The first-order valence-corrected chi connectivity index (χ1v) is 8.43. The molecule has 2 aromatic heterocycles. The van der Waals surface area contributed by atoms with Crippen molar-refractivity contribution in [3.8, 4) is 28.3 Å². The Bertz CT molecular complexity index is 1180. The average molecular weight is 353 g/mol. The molecule has 0 fully saturated rings. The van der Waals surface area contributed by atoms with Crippen molar-refractivity contribution in [1.82, 2.24) is 9.97 Å². The quantitative estimate of drug-likeness (QED) is 0.569. The van der Waals surface area contributed by atoms with Crippen molar-refractivity contribution < 1.29 is 9.90 Å². The highest BCUT2D eigenvalue weighted by atomic mass is 16.4. The summed E-state index contributed by atoms with van der Waals surface area (Å²) in [5.41, 5.74) is 6.00. The maximum atomic E-state index is 10.8. The minimum Gasteiger partial charge on any atom is -0.481 e. The number of rotatable bonds is 4. The Morgan fingerprint density at radius 2 is 1.89 bits per heavy atom. The monoisotopic (exact) mass is 353 g/mol. The molecule has 0 radical (unpaired) electrons. The number of aromatic amines is 1. The van der Waals surface area contributed by atoms with E-state index in [9.17, 15) is 4.79 Å². The van der Waals surface area contributed by atoms with Gasteiger partial charge in [0.25, 0.3) is 0 Å². The largest absolute Gasteiger partial charge is 0.481 e. The molecule has 0 atom stereocenters. The van der Waals surface area contributed by atoms with Crippen molar-refractivity contribution in [2.75, 3.05) is 0 Å². The van der Waals surface area contributed by atoms with Gasteiger partial charge in [-0.1, -0.05) is 36.4 Å². The number of aromatic nitrogens is 2. The zero-order valence-electron chi connectivity index (χ0n) is 14.3. The minimum absolute atomic E-state index is 0.00903. The molecule has 130 valence electrons. The summed E-state index contributed by atoms with van der Waals surface area (Å²) >= 11 is 0. The molecule has 2 N–H and O–H groups in total. The normalized spacial score (nSPS) is 10.6. The number of pyridine rings is 1. The molecule has 0 spiro atoms. The van der Waals surface area contributed by atoms with E-state index in [0.717, 1.165) is 38.9 Å². The highest BCUT2D eigenvalue weighted by Gasteiger charge is 2.10. The zero-order valence-corrected chi connectivity index (χ0v) is 14.3. The third kappa shape index (κ3) is 3.29. The van der Waals surface area contributed by atoms with Crippen LogP contribution in [0, 0.1) is 11.3 Å². The number of nitrogens with one attached hydrogen (secondary N) is 1. The Labute approximate surface area is 155 Å². The molecule has 0 amide bonds. The standard InChI is InChI=1S/C22H15N3O2/c23-11-15-2-1-3-17(8-15)18-10-19-20(13-25-22(19)24-12-18)16-6-4-14(5-7-16)9-21(26)27/h1-8,10,12-13H,9H2,(H,24,25)(H,26,27). The van der Waals surface area contributed by atoms with Crippen molar-refractivity contribution in [3.05, 3.63) is 78.1 Å². The number of H-pyrrole nitrogens is 1. The van der Waals surface area contributed by atoms with Crippen molar-refractivity contribution in [3.63, 3.8) is 0 Å². The van der Waals surface area contributed by atoms with Crippen LogP contribution in [0.4, 0.5) is 0 Å². The van der Waals surface area contributed by atoms with Crippen LogP contribution in [-0.4, -0.2) is 21.0 Å². The number of carboxylic acid groups (broad SMARTS) is 1. The molecule has 27 heavy (non-hydrogen) atoms. The molecule has 5 heteroatoms. The summed E-state index contributed by atoms with van der Waals surface area (Å²) in [7, 11) is 0. The van der Waals surface area contributed by atoms with Gasteiger partial charge in [-0.05, 0) is 34.9 Å². The Morgan fingerprint density at radius 1 is 1.07 bits per heavy atom. The first kappa shape index (κ1) is 16.6. The summed E-state index contributed by atoms with van der Waals surface area (Å²) < 4.78 is 0. The summed E-state index contributed by atoms with van der Waals surface area (Å²) in [6.45, 7) is 0. The summed E-state index contributed by atoms with van der Waals surface area (Å²) in [5, 5.41) is 19.0. The molecular weight excluding hydrogens is 338 g/mol. The topological polar surface area (TPSA) is 89.8 Å². The van der Waals surface area contributed by atoms with Crippen molar-refractivity contribution in [1.29, 1.82) is 5.26 Å². The van der Waals surface area contributed by atoms with Crippen LogP contribution in [0.15, 0.2) is 67.0 Å². The van der Waals surface area contributed by atoms with Crippen molar-refractivity contribution in [2.45, 2.75) is 6.42 Å². The number of fused-ring (bicyclic) bond motifs is 1. The maximum absolute atomic E-state index is 10.8. The summed E-state index contributed by atoms with van der Waals surface area (Å²) in [6.07, 6.45) is 3.70. The molecule has 2 heterocycles. The van der Waals surface area contributed by atoms with Gasteiger partial charge in [-0.3, -0.25) is 4.79 Å². The highest BCUT2D eigenvalue weighted by molar-refractivity contribution is 5.95. The number of nitrogens with zero attached hydrogens (tertiary/aromatic N) is 2. The number of benzene rings is 2. The van der Waals surface area contributed by atoms with E-state index in [0.29, 0.717) is 5.56 Å². The molecule has 0 saturated carbocycles. The van der Waals surface area contributed by atoms with Crippen LogP contribution in [0.25, 0.3) is 33.3 Å². The molecule has 4 rings (SSSR count). The lowest BCUT2D eigenvalue weighted by atomic mass is 10.00. The fourth-order valence-electron chi connectivity index (χ4n) is 3.15. The van der Waals surface area contributed by atoms with E-state index < -0.39 is 5.97 Å². The second-order valence-corrected chi connectivity index (χ2v) is 6.28. The van der Waals surface area contributed by atoms with Crippen LogP contribution in [-0.2, 0) is 11.2 Å². The lowest BCUT2D eigenvalue weighted by molar-refractivity contribution is -0.136. The van der Waals surface area contributed by atoms with Gasteiger partial charge in [0, 0.05) is 28.9 Å². The van der Waals surface area contributed by atoms with Crippen LogP contribution < -0.4 is 0 Å². The van der Waals surface area contributed by atoms with E-state index in [1.165, 1.54) is 0 Å². The third-order valence-electron chi connectivity index (χ3n) is 4.48. The third-order valence-corrected chi connectivity index (χ3v) is 4.48. The fourth-order valence-corrected chi connectivity index (χ4v) is 3.15. The van der Waals surface area contributed by atoms with Gasteiger partial charge >= 0.3 is 5.97 Å². The minimum atomic E-state index is -0.844. The number of carboxylic acids is 1. The Hall–Kier alpha value is -3.91. The number of hydrogen-bond acceptors (Lipinski definition) is 3. The number of hydrogen-bond donors (Lipinski definition) is 2. The lowest BCUT2D eigenvalue weighted by Crippen LogP contribution is -1.99. The molecule has 2 aromatic carbocycles. The summed E-state index contributed by atoms with van der Waals surface area (Å²) in [4.78, 5) is 18.5. The molecule has 5 nitrogen and oxygen atoms in total. The van der Waals surface area contributed by atoms with Gasteiger partial charge in [0.2, 0.25) is 0 Å². The van der Waals surface area contributed by atoms with Crippen LogP contribution in [0.3, 0.4) is 0 Å². The second kappa shape index (κ2) is 6.77. The number of carbonyl (C=O) groups is 1. The molecule has 0 saturated heterocycles. The molecule has 4 aromatic rings. The van der Waals surface area contributed by atoms with Crippen LogP contribution in [0.1, 0.15) is 11.1 Å². The Morgan fingerprint density at radius 3 is 2.63 bits per heavy atom. The van der Waals surface area contributed by atoms with Crippen molar-refractivity contribution in [2.24, 2.45) is 0 Å².